The summed E-state index contributed by atoms with van der Waals surface area (Å²) in [6, 6.07) is 5.79. The molecule has 11 heteroatoms. The Morgan fingerprint density at radius 2 is 1.91 bits per heavy atom. The van der Waals surface area contributed by atoms with Gasteiger partial charge in [-0.25, -0.2) is 23.1 Å². The summed E-state index contributed by atoms with van der Waals surface area (Å²) in [5.41, 5.74) is 2.83. The predicted molar refractivity (Wildman–Crippen MR) is 122 cm³/mol. The molecule has 0 saturated carbocycles. The first-order valence-corrected chi connectivity index (χ1v) is 12.4. The van der Waals surface area contributed by atoms with Gasteiger partial charge in [-0.3, -0.25) is 4.79 Å². The van der Waals surface area contributed by atoms with E-state index in [0.717, 1.165) is 22.8 Å². The van der Waals surface area contributed by atoms with Crippen molar-refractivity contribution in [3.05, 3.63) is 53.4 Å². The standard InChI is InChI=1S/C22H29N7O3S/c1-15-11-16(2)29(26-15)20-6-5-18(12-23-20)13-24-22(30)19-7-9-28(10-8-19)33(31,32)21-14-27(4)17(3)25-21/h5-6,11-12,14,19H,7-10,13H2,1-4H3,(H,24,30). The van der Waals surface area contributed by atoms with Crippen LogP contribution < -0.4 is 5.32 Å². The molecule has 0 spiro atoms. The average Bonchev–Trinajstić information content (AvgIpc) is 3.33. The Labute approximate surface area is 193 Å². The van der Waals surface area contributed by atoms with E-state index in [2.05, 4.69) is 20.4 Å². The lowest BCUT2D eigenvalue weighted by atomic mass is 9.97. The summed E-state index contributed by atoms with van der Waals surface area (Å²) in [4.78, 5) is 21.3. The minimum absolute atomic E-state index is 0.0572. The highest BCUT2D eigenvalue weighted by molar-refractivity contribution is 7.89. The number of nitrogens with one attached hydrogen (secondary N) is 1. The Hall–Kier alpha value is -3.05. The number of imidazole rings is 1. The van der Waals surface area contributed by atoms with Crippen LogP contribution in [0.2, 0.25) is 0 Å². The summed E-state index contributed by atoms with van der Waals surface area (Å²) in [5, 5.41) is 7.44. The Kier molecular flexibility index (Phi) is 6.35. The van der Waals surface area contributed by atoms with Crippen molar-refractivity contribution in [1.29, 1.82) is 0 Å². The summed E-state index contributed by atoms with van der Waals surface area (Å²) in [6.45, 7) is 6.65. The fourth-order valence-electron chi connectivity index (χ4n) is 3.98. The molecular weight excluding hydrogens is 442 g/mol. The Balaban J connectivity index is 1.30. The third-order valence-electron chi connectivity index (χ3n) is 6.02. The maximum Gasteiger partial charge on any atom is 0.262 e. The number of amides is 1. The minimum Gasteiger partial charge on any atom is -0.352 e. The second-order valence-electron chi connectivity index (χ2n) is 8.50. The van der Waals surface area contributed by atoms with Gasteiger partial charge in [0, 0.05) is 50.7 Å². The SMILES string of the molecule is Cc1cc(C)n(-c2ccc(CNC(=O)C3CCN(S(=O)(=O)c4cn(C)c(C)n4)CC3)cn2)n1. The summed E-state index contributed by atoms with van der Waals surface area (Å²) >= 11 is 0. The third kappa shape index (κ3) is 4.83. The summed E-state index contributed by atoms with van der Waals surface area (Å²) < 4.78 is 30.5. The third-order valence-corrected chi connectivity index (χ3v) is 7.79. The number of piperidine rings is 1. The first-order chi connectivity index (χ1) is 15.6. The number of nitrogens with zero attached hydrogens (tertiary/aromatic N) is 6. The summed E-state index contributed by atoms with van der Waals surface area (Å²) in [6.07, 6.45) is 4.21. The van der Waals surface area contributed by atoms with Crippen LogP contribution >= 0.6 is 0 Å². The zero-order chi connectivity index (χ0) is 23.8. The van der Waals surface area contributed by atoms with Crippen molar-refractivity contribution in [2.24, 2.45) is 13.0 Å². The Morgan fingerprint density at radius 1 is 1.18 bits per heavy atom. The largest absolute Gasteiger partial charge is 0.352 e. The highest BCUT2D eigenvalue weighted by Crippen LogP contribution is 2.23. The fraction of sp³-hybridized carbons (Fsp3) is 0.455. The molecule has 1 aliphatic heterocycles. The van der Waals surface area contributed by atoms with Crippen molar-refractivity contribution in [2.75, 3.05) is 13.1 Å². The van der Waals surface area contributed by atoms with E-state index in [9.17, 15) is 13.2 Å². The summed E-state index contributed by atoms with van der Waals surface area (Å²) in [5.74, 6) is 1.08. The predicted octanol–water partition coefficient (Wildman–Crippen LogP) is 1.64. The lowest BCUT2D eigenvalue weighted by Gasteiger charge is -2.29. The maximum absolute atomic E-state index is 12.8. The van der Waals surface area contributed by atoms with E-state index >= 15 is 0 Å². The van der Waals surface area contributed by atoms with Gasteiger partial charge in [0.15, 0.2) is 10.8 Å². The first kappa shape index (κ1) is 23.1. The number of pyridine rings is 1. The van der Waals surface area contributed by atoms with Gasteiger partial charge in [-0.05, 0) is 51.3 Å². The van der Waals surface area contributed by atoms with E-state index < -0.39 is 10.0 Å². The molecule has 3 aromatic rings. The lowest BCUT2D eigenvalue weighted by Crippen LogP contribution is -2.43. The van der Waals surface area contributed by atoms with Crippen molar-refractivity contribution in [3.8, 4) is 5.82 Å². The molecule has 0 atom stereocenters. The van der Waals surface area contributed by atoms with E-state index in [1.54, 1.807) is 29.4 Å². The molecule has 1 N–H and O–H groups in total. The smallest absolute Gasteiger partial charge is 0.262 e. The van der Waals surface area contributed by atoms with Gasteiger partial charge < -0.3 is 9.88 Å². The first-order valence-electron chi connectivity index (χ1n) is 10.9. The van der Waals surface area contributed by atoms with Gasteiger partial charge in [-0.15, -0.1) is 0 Å². The number of hydrogen-bond donors (Lipinski definition) is 1. The number of aryl methyl sites for hydroxylation is 4. The summed E-state index contributed by atoms with van der Waals surface area (Å²) in [7, 11) is -1.88. The van der Waals surface area contributed by atoms with Gasteiger partial charge in [0.1, 0.15) is 5.82 Å². The number of carbonyl (C=O) groups excluding carboxylic acids is 1. The van der Waals surface area contributed by atoms with Crippen molar-refractivity contribution in [2.45, 2.75) is 45.2 Å². The number of aromatic nitrogens is 5. The average molecular weight is 472 g/mol. The molecular formula is C22H29N7O3S. The quantitative estimate of drug-likeness (QED) is 0.585. The van der Waals surface area contributed by atoms with Crippen LogP contribution in [0.5, 0.6) is 0 Å². The normalized spacial score (nSPS) is 15.6. The van der Waals surface area contributed by atoms with Gasteiger partial charge in [0.25, 0.3) is 10.0 Å². The molecule has 0 aliphatic carbocycles. The molecule has 4 rings (SSSR count). The molecule has 176 valence electrons. The number of hydrogen-bond acceptors (Lipinski definition) is 6. The Bertz CT molecular complexity index is 1230. The number of sulfonamides is 1. The molecule has 0 radical (unpaired) electrons. The van der Waals surface area contributed by atoms with Crippen LogP contribution in [0.1, 0.15) is 35.6 Å². The van der Waals surface area contributed by atoms with Crippen LogP contribution in [-0.4, -0.2) is 56.0 Å². The second kappa shape index (κ2) is 9.06. The number of rotatable bonds is 6. The molecule has 0 bridgehead atoms. The van der Waals surface area contributed by atoms with E-state index in [1.807, 2.05) is 32.0 Å². The maximum atomic E-state index is 12.8. The van der Waals surface area contributed by atoms with E-state index in [1.165, 1.54) is 10.5 Å². The van der Waals surface area contributed by atoms with Crippen molar-refractivity contribution < 1.29 is 13.2 Å². The molecule has 4 heterocycles. The van der Waals surface area contributed by atoms with Gasteiger partial charge in [0.05, 0.1) is 5.69 Å². The zero-order valence-electron chi connectivity index (χ0n) is 19.3. The van der Waals surface area contributed by atoms with E-state index in [0.29, 0.717) is 38.3 Å². The molecule has 1 fully saturated rings. The van der Waals surface area contributed by atoms with Gasteiger partial charge in [-0.1, -0.05) is 6.07 Å². The van der Waals surface area contributed by atoms with Gasteiger partial charge in [-0.2, -0.15) is 9.40 Å². The van der Waals surface area contributed by atoms with Crippen molar-refractivity contribution in [3.63, 3.8) is 0 Å². The topological polar surface area (TPSA) is 115 Å². The van der Waals surface area contributed by atoms with Crippen LogP contribution in [0, 0.1) is 26.7 Å². The highest BCUT2D eigenvalue weighted by Gasteiger charge is 2.33. The minimum atomic E-state index is -3.64. The van der Waals surface area contributed by atoms with Gasteiger partial charge in [0.2, 0.25) is 5.91 Å². The highest BCUT2D eigenvalue weighted by atomic mass is 32.2. The molecule has 1 saturated heterocycles. The molecule has 1 amide bonds. The van der Waals surface area contributed by atoms with Crippen molar-refractivity contribution >= 4 is 15.9 Å². The fourth-order valence-corrected chi connectivity index (χ4v) is 5.48. The van der Waals surface area contributed by atoms with Crippen LogP contribution in [0.3, 0.4) is 0 Å². The van der Waals surface area contributed by atoms with E-state index in [4.69, 9.17) is 0 Å². The number of carbonyl (C=O) groups is 1. The molecule has 0 aromatic carbocycles. The second-order valence-corrected chi connectivity index (χ2v) is 10.4. The molecule has 33 heavy (non-hydrogen) atoms. The van der Waals surface area contributed by atoms with Crippen LogP contribution in [0.15, 0.2) is 35.6 Å². The zero-order valence-corrected chi connectivity index (χ0v) is 20.1. The molecule has 0 unspecified atom stereocenters. The van der Waals surface area contributed by atoms with Crippen LogP contribution in [-0.2, 0) is 28.4 Å². The van der Waals surface area contributed by atoms with Gasteiger partial charge >= 0.3 is 0 Å². The Morgan fingerprint density at radius 3 is 2.45 bits per heavy atom. The molecule has 3 aromatic heterocycles. The van der Waals surface area contributed by atoms with Crippen molar-refractivity contribution in [1.82, 2.24) is 33.9 Å². The van der Waals surface area contributed by atoms with Crippen LogP contribution in [0.4, 0.5) is 0 Å². The lowest BCUT2D eigenvalue weighted by molar-refractivity contribution is -0.126. The molecule has 10 nitrogen and oxygen atoms in total. The monoisotopic (exact) mass is 471 g/mol. The van der Waals surface area contributed by atoms with Crippen LogP contribution in [0.25, 0.3) is 5.82 Å². The molecule has 1 aliphatic rings. The van der Waals surface area contributed by atoms with E-state index in [-0.39, 0.29) is 16.9 Å².